The van der Waals surface area contributed by atoms with Gasteiger partial charge in [0.1, 0.15) is 84.3 Å². The van der Waals surface area contributed by atoms with Crippen LogP contribution in [0.1, 0.15) is 147 Å². The van der Waals surface area contributed by atoms with Crippen molar-refractivity contribution in [2.45, 2.75) is 234 Å². The molecule has 714 valence electrons. The van der Waals surface area contributed by atoms with Gasteiger partial charge in [0.15, 0.2) is 17.9 Å². The fraction of sp³-hybridized carbons (Fsp3) is 0.573. The number of aromatic nitrogens is 2. The number of rotatable bonds is 53. The average molecular weight is 1840 g/mol. The second-order valence-corrected chi connectivity index (χ2v) is 33.3. The number of hydrogen-bond donors (Lipinski definition) is 27. The summed E-state index contributed by atoms with van der Waals surface area (Å²) >= 11 is 4.32. The molecule has 0 spiro atoms. The van der Waals surface area contributed by atoms with E-state index in [4.69, 9.17) is 50.6 Å². The maximum Gasteiger partial charge on any atom is 0.326 e. The number of benzene rings is 2. The molecular weight excluding hydrogens is 1710 g/mol. The van der Waals surface area contributed by atoms with E-state index < -0.39 is 210 Å². The number of imidazole rings is 1. The summed E-state index contributed by atoms with van der Waals surface area (Å²) in [6.07, 6.45) is 1.85. The van der Waals surface area contributed by atoms with E-state index >= 15 is 0 Å². The van der Waals surface area contributed by atoms with Crippen LogP contribution in [0.3, 0.4) is 0 Å². The molecule has 0 bridgehead atoms. The summed E-state index contributed by atoms with van der Waals surface area (Å²) in [6.45, 7) is 6.57. The van der Waals surface area contributed by atoms with E-state index in [0.29, 0.717) is 24.0 Å². The number of aromatic hydroxyl groups is 1. The summed E-state index contributed by atoms with van der Waals surface area (Å²) in [6, 6.07) is -5.73. The largest absolute Gasteiger partial charge is 0.508 e. The number of likely N-dealkylation sites (tertiary alicyclic amines) is 3. The highest BCUT2D eigenvalue weighted by atomic mass is 32.1. The molecule has 48 heteroatoms. The molecule has 32 N–H and O–H groups in total. The highest BCUT2D eigenvalue weighted by Crippen LogP contribution is 2.26. The minimum atomic E-state index is -1.78. The lowest BCUT2D eigenvalue weighted by molar-refractivity contribution is -0.145. The van der Waals surface area contributed by atoms with Gasteiger partial charge in [-0.2, -0.15) is 12.6 Å². The molecule has 14 atom stereocenters. The van der Waals surface area contributed by atoms with Crippen LogP contribution in [-0.4, -0.2) is 289 Å². The Morgan fingerprint density at radius 2 is 0.854 bits per heavy atom. The van der Waals surface area contributed by atoms with Gasteiger partial charge < -0.3 is 139 Å². The summed E-state index contributed by atoms with van der Waals surface area (Å²) in [4.78, 5) is 249. The summed E-state index contributed by atoms with van der Waals surface area (Å²) < 4.78 is 0. The average Bonchev–Trinajstić information content (AvgIpc) is 1.69. The van der Waals surface area contributed by atoms with Crippen LogP contribution < -0.4 is 109 Å². The van der Waals surface area contributed by atoms with Crippen molar-refractivity contribution in [3.05, 3.63) is 83.9 Å². The maximum absolute atomic E-state index is 14.9. The first-order valence-electron chi connectivity index (χ1n) is 43.0. The van der Waals surface area contributed by atoms with E-state index in [2.05, 4.69) is 97.0 Å². The molecule has 0 aliphatic carbocycles. The Morgan fingerprint density at radius 1 is 0.454 bits per heavy atom. The Kier molecular flexibility index (Phi) is 42.7. The number of amides is 16. The fourth-order valence-corrected chi connectivity index (χ4v) is 15.4. The quantitative estimate of drug-likeness (QED) is 0.0108. The van der Waals surface area contributed by atoms with E-state index in [1.165, 1.54) is 46.6 Å². The predicted molar refractivity (Wildman–Crippen MR) is 474 cm³/mol. The normalized spacial score (nSPS) is 17.2. The zero-order chi connectivity index (χ0) is 96.0. The Balaban J connectivity index is 1.13. The summed E-state index contributed by atoms with van der Waals surface area (Å²) in [5.74, 6) is -18.0. The van der Waals surface area contributed by atoms with Crippen molar-refractivity contribution in [3.8, 4) is 5.75 Å². The highest BCUT2D eigenvalue weighted by Gasteiger charge is 2.45. The number of nitrogens with zero attached hydrogens (tertiary/aromatic N) is 4. The molecule has 4 heterocycles. The number of carboxylic acids is 1. The third-order valence-corrected chi connectivity index (χ3v) is 21.9. The van der Waals surface area contributed by atoms with Crippen molar-refractivity contribution in [1.82, 2.24) is 99.1 Å². The smallest absolute Gasteiger partial charge is 0.326 e. The Morgan fingerprint density at radius 3 is 1.35 bits per heavy atom. The molecule has 6 rings (SSSR count). The fourth-order valence-electron chi connectivity index (χ4n) is 15.1. The molecule has 1 aromatic heterocycles. The van der Waals surface area contributed by atoms with Crippen molar-refractivity contribution in [3.63, 3.8) is 0 Å². The van der Waals surface area contributed by atoms with Crippen LogP contribution >= 0.6 is 12.6 Å². The van der Waals surface area contributed by atoms with Crippen molar-refractivity contribution < 1.29 is 91.7 Å². The first-order valence-corrected chi connectivity index (χ1v) is 43.7. The number of nitrogens with one attached hydrogen (secondary N) is 18. The lowest BCUT2D eigenvalue weighted by Gasteiger charge is -2.32. The molecule has 3 aliphatic heterocycles. The number of thiol groups is 1. The first kappa shape index (κ1) is 105. The zero-order valence-corrected chi connectivity index (χ0v) is 74.1. The van der Waals surface area contributed by atoms with Gasteiger partial charge in [-0.15, -0.1) is 0 Å². The maximum atomic E-state index is 14.9. The molecule has 3 aliphatic rings. The lowest BCUT2D eigenvalue weighted by atomic mass is 9.99. The third-order valence-electron chi connectivity index (χ3n) is 21.6. The van der Waals surface area contributed by atoms with Gasteiger partial charge in [0.2, 0.25) is 94.5 Å². The van der Waals surface area contributed by atoms with Gasteiger partial charge in [0, 0.05) is 76.2 Å². The number of nitrogens with two attached hydrogens (primary N) is 6. The molecule has 0 unspecified atom stereocenters. The first-order chi connectivity index (χ1) is 61.6. The van der Waals surface area contributed by atoms with E-state index in [-0.39, 0.29) is 177 Å². The number of carboxylic acid groups (broad SMARTS) is 1. The van der Waals surface area contributed by atoms with E-state index in [1.54, 1.807) is 58.0 Å². The monoisotopic (exact) mass is 1840 g/mol. The number of guanidine groups is 3. The van der Waals surface area contributed by atoms with Crippen LogP contribution in [0.15, 0.2) is 67.1 Å². The molecule has 16 amide bonds. The molecule has 0 saturated carbocycles. The summed E-state index contributed by atoms with van der Waals surface area (Å²) in [5.41, 5.74) is 35.0. The van der Waals surface area contributed by atoms with Crippen molar-refractivity contribution in [2.75, 3.05) is 51.6 Å². The number of carbonyl (C=O) groups excluding carboxylic acids is 16. The number of aliphatic carboxylic acids is 1. The summed E-state index contributed by atoms with van der Waals surface area (Å²) in [5, 5.41) is 78.6. The van der Waals surface area contributed by atoms with Gasteiger partial charge in [-0.3, -0.25) is 92.9 Å². The van der Waals surface area contributed by atoms with Gasteiger partial charge in [-0.05, 0) is 125 Å². The lowest BCUT2D eigenvalue weighted by Crippen LogP contribution is -2.60. The Labute approximate surface area is 756 Å². The highest BCUT2D eigenvalue weighted by molar-refractivity contribution is 7.80. The minimum Gasteiger partial charge on any atom is -0.508 e. The number of carbonyl (C=O) groups is 17. The molecule has 47 nitrogen and oxygen atoms in total. The van der Waals surface area contributed by atoms with Gasteiger partial charge in [0.25, 0.3) is 0 Å². The second-order valence-electron chi connectivity index (χ2n) is 33.0. The number of phenolic OH excluding ortho intramolecular Hbond substituents is 1. The van der Waals surface area contributed by atoms with Gasteiger partial charge in [0.05, 0.1) is 31.8 Å². The predicted octanol–water partition coefficient (Wildman–Crippen LogP) is -6.95. The van der Waals surface area contributed by atoms with Crippen LogP contribution in [0.5, 0.6) is 5.75 Å². The van der Waals surface area contributed by atoms with Gasteiger partial charge >= 0.3 is 5.97 Å². The van der Waals surface area contributed by atoms with E-state index in [9.17, 15) is 91.7 Å². The SMILES string of the molecule is CC(C)C[C@H](NC(=O)[C@H](CS)NC(=O)CNC(=O)[C@H](Cc1ccc(O)cc1)NC(=O)[C@H](Cc1cnc[nH]1)NC(=O)[C@H](CC(N)=O)NC(=O)[C@@H]1CCCN1C(=O)[C@H](Cc1ccccc1)NC(=O)[C@@H](N)CCCNC(=N)N)C(=O)N[C@@H](CC(C)C)C(=O)N1CCC[C@H]1C(=O)N[C@@H](CCCNC(=N)N)C(=O)N[C@@H](CC(N)=O)C(=O)N1CCC[C@H]1C(=O)N[C@@H](CCCNC(=N)N)C(=O)O. The number of primary amides is 2. The molecular formula is C82H126N28O19S. The molecule has 3 fully saturated rings. The van der Waals surface area contributed by atoms with Crippen LogP contribution in [-0.2, 0) is 101 Å². The van der Waals surface area contributed by atoms with E-state index in [1.807, 2.05) is 0 Å². The van der Waals surface area contributed by atoms with Gasteiger partial charge in [-0.1, -0.05) is 70.2 Å². The molecule has 130 heavy (non-hydrogen) atoms. The van der Waals surface area contributed by atoms with Crippen molar-refractivity contribution in [1.29, 1.82) is 16.2 Å². The van der Waals surface area contributed by atoms with E-state index in [0.717, 1.165) is 4.90 Å². The zero-order valence-electron chi connectivity index (χ0n) is 73.2. The minimum absolute atomic E-state index is 0.00273. The number of H-pyrrole nitrogens is 1. The number of hydrogen-bond acceptors (Lipinski definition) is 24. The summed E-state index contributed by atoms with van der Waals surface area (Å²) in [7, 11) is 0. The molecule has 2 aromatic carbocycles. The Bertz CT molecular complexity index is 4450. The molecule has 0 radical (unpaired) electrons. The van der Waals surface area contributed by atoms with Crippen LogP contribution in [0.2, 0.25) is 0 Å². The van der Waals surface area contributed by atoms with Crippen LogP contribution in [0.4, 0.5) is 0 Å². The standard InChI is InChI=1S/C82H126N28O19S/c1-43(2)32-52(69(118)106-56(33-44(3)4)76(125)108-29-11-19-60(108)73(122)99-50(17-9-27-94-81(88)89)68(117)107-58(38-64(85)113)78(127)110-31-12-20-61(110)74(123)100-51(79(128)129)18-10-28-95-82(90)91)101-72(121)59(41-130)98-65(114)40-96-67(116)53(34-46-22-24-48(111)25-23-46)102-70(119)54(36-47-39-92-42-97-47)103-71(120)55(37-63(84)112)104-75(124)62-21-13-30-109(62)77(126)57(35-45-14-6-5-7-15-45)105-66(115)49(83)16-8-26-93-80(86)87/h5-7,14-15,22-25,39,42-44,49-62,111,130H,8-13,16-21,26-38,40-41,83H2,1-4H3,(H2,84,112)(H2,85,113)(H,92,97)(H,96,116)(H,98,114)(H,99,122)(H,100,123)(H,101,121)(H,102,119)(H,103,120)(H,104,124)(H,105,115)(H,106,118)(H,107,117)(H,128,129)(H4,86,87,93)(H4,88,89,94)(H4,90,91,95)/t49-,50-,51-,52-,53-,54-,55-,56-,57-,58-,59-,60-,61-,62-/m0/s1. The topological polar surface area (TPSA) is 765 Å². The van der Waals surface area contributed by atoms with Crippen LogP contribution in [0.25, 0.3) is 0 Å². The second kappa shape index (κ2) is 52.8. The Hall–Kier alpha value is -13.4. The number of phenols is 1. The van der Waals surface area contributed by atoms with Gasteiger partial charge in [-0.25, -0.2) is 9.78 Å². The molecule has 3 saturated heterocycles. The van der Waals surface area contributed by atoms with Crippen LogP contribution in [0, 0.1) is 28.1 Å². The van der Waals surface area contributed by atoms with Crippen molar-refractivity contribution >= 4 is 131 Å². The third kappa shape index (κ3) is 35.0. The van der Waals surface area contributed by atoms with Crippen molar-refractivity contribution in [2.24, 2.45) is 46.2 Å². The number of aromatic amines is 1. The molecule has 3 aromatic rings.